The van der Waals surface area contributed by atoms with Gasteiger partial charge >= 0.3 is 5.69 Å². The monoisotopic (exact) mass is 281 g/mol. The van der Waals surface area contributed by atoms with Crippen LogP contribution in [0.2, 0.25) is 0 Å². The van der Waals surface area contributed by atoms with Crippen molar-refractivity contribution < 1.29 is 9.31 Å². The minimum Gasteiger partial charge on any atom is -0.305 e. The predicted molar refractivity (Wildman–Crippen MR) is 75.0 cm³/mol. The fourth-order valence-electron chi connectivity index (χ4n) is 2.70. The van der Waals surface area contributed by atoms with Crippen molar-refractivity contribution in [2.24, 2.45) is 0 Å². The molecule has 2 rings (SSSR count). The second kappa shape index (κ2) is 6.28. The quantitative estimate of drug-likeness (QED) is 0.630. The smallest absolute Gasteiger partial charge is 0.305 e. The molecule has 1 aromatic rings. The number of benzene rings is 1. The minimum atomic E-state index is -0.706. The molecule has 0 saturated carbocycles. The van der Waals surface area contributed by atoms with Crippen LogP contribution in [-0.2, 0) is 6.54 Å². The highest BCUT2D eigenvalue weighted by Crippen LogP contribution is 2.22. The Morgan fingerprint density at radius 1 is 1.45 bits per heavy atom. The lowest BCUT2D eigenvalue weighted by Gasteiger charge is -2.27. The first-order chi connectivity index (χ1) is 9.49. The average molecular weight is 281 g/mol. The van der Waals surface area contributed by atoms with Crippen LogP contribution in [0, 0.1) is 15.9 Å². The van der Waals surface area contributed by atoms with E-state index in [4.69, 9.17) is 0 Å². The van der Waals surface area contributed by atoms with Gasteiger partial charge in [-0.15, -0.1) is 0 Å². The van der Waals surface area contributed by atoms with Gasteiger partial charge in [0.05, 0.1) is 4.92 Å². The maximum atomic E-state index is 14.1. The number of rotatable bonds is 3. The summed E-state index contributed by atoms with van der Waals surface area (Å²) >= 11 is 0. The van der Waals surface area contributed by atoms with Gasteiger partial charge in [0.1, 0.15) is 0 Å². The summed E-state index contributed by atoms with van der Waals surface area (Å²) < 4.78 is 14.1. The zero-order valence-corrected chi connectivity index (χ0v) is 11.9. The molecule has 5 nitrogen and oxygen atoms in total. The normalized spacial score (nSPS) is 21.6. The SMILES string of the molecule is CC1CN(C)CCCN1Cc1cccc([N+](=O)[O-])c1F. The third-order valence-corrected chi connectivity index (χ3v) is 3.81. The standard InChI is InChI=1S/C14H20FN3O2/c1-11-9-16(2)7-4-8-17(11)10-12-5-3-6-13(14(12)15)18(19)20/h3,5-6,11H,4,7-10H2,1-2H3. The molecule has 1 saturated heterocycles. The van der Waals surface area contributed by atoms with Crippen molar-refractivity contribution in [1.29, 1.82) is 0 Å². The number of nitrogens with zero attached hydrogens (tertiary/aromatic N) is 3. The van der Waals surface area contributed by atoms with Gasteiger partial charge in [-0.1, -0.05) is 12.1 Å². The number of likely N-dealkylation sites (N-methyl/N-ethyl adjacent to an activating group) is 1. The Morgan fingerprint density at radius 3 is 2.90 bits per heavy atom. The molecule has 110 valence electrons. The lowest BCUT2D eigenvalue weighted by atomic mass is 10.1. The van der Waals surface area contributed by atoms with E-state index < -0.39 is 16.4 Å². The summed E-state index contributed by atoms with van der Waals surface area (Å²) in [6.45, 7) is 5.36. The summed E-state index contributed by atoms with van der Waals surface area (Å²) in [5.74, 6) is -0.706. The highest BCUT2D eigenvalue weighted by Gasteiger charge is 2.23. The number of hydrogen-bond acceptors (Lipinski definition) is 4. The molecule has 20 heavy (non-hydrogen) atoms. The zero-order valence-electron chi connectivity index (χ0n) is 11.9. The molecule has 0 bridgehead atoms. The zero-order chi connectivity index (χ0) is 14.7. The molecule has 0 amide bonds. The molecule has 1 heterocycles. The second-order valence-electron chi connectivity index (χ2n) is 5.44. The van der Waals surface area contributed by atoms with Crippen LogP contribution >= 0.6 is 0 Å². The van der Waals surface area contributed by atoms with Gasteiger partial charge in [0.2, 0.25) is 5.82 Å². The second-order valence-corrected chi connectivity index (χ2v) is 5.44. The van der Waals surface area contributed by atoms with E-state index in [9.17, 15) is 14.5 Å². The van der Waals surface area contributed by atoms with E-state index in [-0.39, 0.29) is 0 Å². The predicted octanol–water partition coefficient (Wildman–Crippen LogP) is 2.26. The third kappa shape index (κ3) is 3.32. The van der Waals surface area contributed by atoms with E-state index in [2.05, 4.69) is 23.8 Å². The van der Waals surface area contributed by atoms with E-state index in [1.165, 1.54) is 6.07 Å². The van der Waals surface area contributed by atoms with E-state index in [1.807, 2.05) is 0 Å². The molecule has 1 unspecified atom stereocenters. The highest BCUT2D eigenvalue weighted by atomic mass is 19.1. The first-order valence-corrected chi connectivity index (χ1v) is 6.83. The first-order valence-electron chi connectivity index (χ1n) is 6.83. The lowest BCUT2D eigenvalue weighted by Crippen LogP contribution is -2.37. The molecule has 1 atom stereocenters. The van der Waals surface area contributed by atoms with E-state index >= 15 is 0 Å². The van der Waals surface area contributed by atoms with Gasteiger partial charge in [-0.2, -0.15) is 4.39 Å². The van der Waals surface area contributed by atoms with Crippen LogP contribution < -0.4 is 0 Å². The fourth-order valence-corrected chi connectivity index (χ4v) is 2.70. The summed E-state index contributed by atoms with van der Waals surface area (Å²) in [7, 11) is 2.08. The van der Waals surface area contributed by atoms with Gasteiger partial charge < -0.3 is 4.90 Å². The maximum absolute atomic E-state index is 14.1. The minimum absolute atomic E-state index is 0.307. The van der Waals surface area contributed by atoms with Crippen molar-refractivity contribution in [3.8, 4) is 0 Å². The summed E-state index contributed by atoms with van der Waals surface area (Å²) in [5, 5.41) is 10.8. The number of hydrogen-bond donors (Lipinski definition) is 0. The summed E-state index contributed by atoms with van der Waals surface area (Å²) in [5.41, 5.74) is -0.0438. The van der Waals surface area contributed by atoms with Crippen LogP contribution in [0.15, 0.2) is 18.2 Å². The molecule has 1 aliphatic rings. The summed E-state index contributed by atoms with van der Waals surface area (Å²) in [4.78, 5) is 14.6. The summed E-state index contributed by atoms with van der Waals surface area (Å²) in [6.07, 6.45) is 1.03. The lowest BCUT2D eigenvalue weighted by molar-refractivity contribution is -0.387. The first kappa shape index (κ1) is 14.9. The van der Waals surface area contributed by atoms with Crippen LogP contribution in [-0.4, -0.2) is 47.4 Å². The largest absolute Gasteiger partial charge is 0.305 e. The number of nitro groups is 1. The van der Waals surface area contributed by atoms with Crippen LogP contribution in [0.5, 0.6) is 0 Å². The third-order valence-electron chi connectivity index (χ3n) is 3.81. The fraction of sp³-hybridized carbons (Fsp3) is 0.571. The van der Waals surface area contributed by atoms with Crippen molar-refractivity contribution in [3.63, 3.8) is 0 Å². The van der Waals surface area contributed by atoms with Crippen molar-refractivity contribution in [3.05, 3.63) is 39.7 Å². The van der Waals surface area contributed by atoms with Crippen molar-refractivity contribution >= 4 is 5.69 Å². The average Bonchev–Trinajstić information content (AvgIpc) is 2.53. The molecule has 0 spiro atoms. The topological polar surface area (TPSA) is 49.6 Å². The van der Waals surface area contributed by atoms with E-state index in [1.54, 1.807) is 12.1 Å². The molecule has 6 heteroatoms. The molecule has 0 aromatic heterocycles. The van der Waals surface area contributed by atoms with Crippen molar-refractivity contribution in [2.75, 3.05) is 26.7 Å². The summed E-state index contributed by atoms with van der Waals surface area (Å²) in [6, 6.07) is 4.69. The van der Waals surface area contributed by atoms with Crippen LogP contribution in [0.3, 0.4) is 0 Å². The van der Waals surface area contributed by atoms with Crippen molar-refractivity contribution in [1.82, 2.24) is 9.80 Å². The van der Waals surface area contributed by atoms with Gasteiger partial charge in [-0.3, -0.25) is 15.0 Å². The van der Waals surface area contributed by atoms with E-state index in [0.717, 1.165) is 26.1 Å². The van der Waals surface area contributed by atoms with Crippen LogP contribution in [0.1, 0.15) is 18.9 Å². The van der Waals surface area contributed by atoms with Crippen LogP contribution in [0.4, 0.5) is 10.1 Å². The Balaban J connectivity index is 2.17. The Morgan fingerprint density at radius 2 is 2.20 bits per heavy atom. The van der Waals surface area contributed by atoms with Gasteiger partial charge in [0.15, 0.2) is 0 Å². The molecular weight excluding hydrogens is 261 g/mol. The van der Waals surface area contributed by atoms with E-state index in [0.29, 0.717) is 18.2 Å². The Labute approximate surface area is 118 Å². The Bertz CT molecular complexity index is 495. The Hall–Kier alpha value is -1.53. The van der Waals surface area contributed by atoms with Crippen LogP contribution in [0.25, 0.3) is 0 Å². The molecule has 0 aliphatic carbocycles. The Kier molecular flexibility index (Phi) is 4.67. The van der Waals surface area contributed by atoms with Gasteiger partial charge in [0.25, 0.3) is 0 Å². The maximum Gasteiger partial charge on any atom is 0.305 e. The van der Waals surface area contributed by atoms with Gasteiger partial charge in [-0.05, 0) is 26.9 Å². The van der Waals surface area contributed by atoms with Gasteiger partial charge in [-0.25, -0.2) is 0 Å². The molecule has 1 fully saturated rings. The highest BCUT2D eigenvalue weighted by molar-refractivity contribution is 5.36. The molecule has 1 aromatic carbocycles. The molecule has 0 N–H and O–H groups in total. The molecule has 0 radical (unpaired) electrons. The molecule has 1 aliphatic heterocycles. The number of halogens is 1. The number of nitro benzene ring substituents is 1. The van der Waals surface area contributed by atoms with Crippen molar-refractivity contribution in [2.45, 2.75) is 25.9 Å². The molecular formula is C14H20FN3O2. The van der Waals surface area contributed by atoms with Gasteiger partial charge in [0, 0.05) is 37.3 Å².